The van der Waals surface area contributed by atoms with Crippen LogP contribution in [0.1, 0.15) is 10.5 Å². The number of carbonyl (C=O) groups excluding carboxylic acids is 3. The van der Waals surface area contributed by atoms with Crippen LogP contribution in [0, 0.1) is 0 Å². The van der Waals surface area contributed by atoms with E-state index in [9.17, 15) is 14.4 Å². The van der Waals surface area contributed by atoms with E-state index < -0.39 is 17.7 Å². The Hall–Kier alpha value is -3.43. The fraction of sp³-hybridized carbons (Fsp3) is 0. The maximum atomic E-state index is 13.0. The van der Waals surface area contributed by atoms with Gasteiger partial charge in [-0.25, -0.2) is 4.68 Å². The number of nitrogens with zero attached hydrogens (tertiary/aromatic N) is 1. The average Bonchev–Trinajstić information content (AvgIpc) is 3.12. The number of hydrogen-bond acceptors (Lipinski definition) is 3. The van der Waals surface area contributed by atoms with Gasteiger partial charge in [0.2, 0.25) is 0 Å². The van der Waals surface area contributed by atoms with Crippen LogP contribution in [0.5, 0.6) is 0 Å². The molecule has 0 saturated heterocycles. The first-order valence-corrected chi connectivity index (χ1v) is 11.0. The molecule has 4 aromatic rings. The average molecular weight is 556 g/mol. The van der Waals surface area contributed by atoms with Gasteiger partial charge in [0.25, 0.3) is 5.91 Å². The molecule has 0 atom stereocenters. The topological polar surface area (TPSA) is 92.2 Å². The molecule has 0 saturated carbocycles. The van der Waals surface area contributed by atoms with Gasteiger partial charge in [0.1, 0.15) is 5.69 Å². The van der Waals surface area contributed by atoms with Crippen molar-refractivity contribution >= 4 is 71.9 Å². The number of fused-ring (bicyclic) bond motifs is 1. The van der Waals surface area contributed by atoms with Crippen molar-refractivity contribution in [2.75, 3.05) is 16.1 Å². The Morgan fingerprint density at radius 1 is 0.688 bits per heavy atom. The van der Waals surface area contributed by atoms with Crippen LogP contribution in [0.2, 0.25) is 0 Å². The lowest BCUT2D eigenvalue weighted by Gasteiger charge is -2.13. The minimum absolute atomic E-state index is 0.172. The van der Waals surface area contributed by atoms with Crippen molar-refractivity contribution in [2.45, 2.75) is 0 Å². The van der Waals surface area contributed by atoms with Crippen molar-refractivity contribution in [1.29, 1.82) is 0 Å². The van der Waals surface area contributed by atoms with Crippen LogP contribution in [0.15, 0.2) is 87.8 Å². The van der Waals surface area contributed by atoms with Gasteiger partial charge in [-0.1, -0.05) is 56.1 Å². The molecule has 3 N–H and O–H groups in total. The molecule has 0 aliphatic heterocycles. The van der Waals surface area contributed by atoms with E-state index in [1.165, 1.54) is 4.68 Å². The quantitative estimate of drug-likeness (QED) is 0.305. The standard InChI is InChI=1S/C23H16Br2N4O3/c24-15-5-4-8-18(13-15)27-22(31)23(32)28-29-19-10-9-16(25)11-14(19)12-20(29)21(30)26-17-6-2-1-3-7-17/h1-13H,(H,26,30)(H,27,31)(H,28,32). The predicted octanol–water partition coefficient (Wildman–Crippen LogP) is 5.13. The summed E-state index contributed by atoms with van der Waals surface area (Å²) in [6, 6.07) is 22.8. The first-order valence-electron chi connectivity index (χ1n) is 9.46. The zero-order valence-corrected chi connectivity index (χ0v) is 19.6. The summed E-state index contributed by atoms with van der Waals surface area (Å²) in [5.74, 6) is -2.22. The highest BCUT2D eigenvalue weighted by molar-refractivity contribution is 9.10. The molecule has 4 rings (SSSR count). The summed E-state index contributed by atoms with van der Waals surface area (Å²) in [4.78, 5) is 38.1. The second-order valence-corrected chi connectivity index (χ2v) is 8.63. The first-order chi connectivity index (χ1) is 15.4. The number of aromatic nitrogens is 1. The summed E-state index contributed by atoms with van der Waals surface area (Å²) in [7, 11) is 0. The molecule has 1 aromatic heterocycles. The van der Waals surface area contributed by atoms with Crippen LogP contribution in [0.4, 0.5) is 11.4 Å². The number of para-hydroxylation sites is 1. The molecule has 7 nitrogen and oxygen atoms in total. The molecule has 160 valence electrons. The lowest BCUT2D eigenvalue weighted by Crippen LogP contribution is -2.36. The number of halogens is 2. The second kappa shape index (κ2) is 9.37. The van der Waals surface area contributed by atoms with E-state index in [4.69, 9.17) is 0 Å². The molecular weight excluding hydrogens is 540 g/mol. The Balaban J connectivity index is 1.63. The molecule has 1 heterocycles. The van der Waals surface area contributed by atoms with Gasteiger partial charge >= 0.3 is 11.8 Å². The Bertz CT molecular complexity index is 1340. The number of hydrogen-bond donors (Lipinski definition) is 3. The van der Waals surface area contributed by atoms with Gasteiger partial charge in [0, 0.05) is 25.7 Å². The van der Waals surface area contributed by atoms with E-state index in [0.29, 0.717) is 22.3 Å². The van der Waals surface area contributed by atoms with E-state index in [2.05, 4.69) is 47.9 Å². The second-order valence-electron chi connectivity index (χ2n) is 6.79. The fourth-order valence-corrected chi connectivity index (χ4v) is 3.87. The van der Waals surface area contributed by atoms with Gasteiger partial charge < -0.3 is 10.6 Å². The van der Waals surface area contributed by atoms with E-state index in [-0.39, 0.29) is 5.69 Å². The maximum Gasteiger partial charge on any atom is 0.328 e. The number of carbonyl (C=O) groups is 3. The lowest BCUT2D eigenvalue weighted by atomic mass is 10.2. The maximum absolute atomic E-state index is 13.0. The van der Waals surface area contributed by atoms with Crippen molar-refractivity contribution in [3.8, 4) is 0 Å². The summed E-state index contributed by atoms with van der Waals surface area (Å²) in [6.07, 6.45) is 0. The number of benzene rings is 3. The summed E-state index contributed by atoms with van der Waals surface area (Å²) in [5.41, 5.74) is 4.34. The predicted molar refractivity (Wildman–Crippen MR) is 131 cm³/mol. The van der Waals surface area contributed by atoms with E-state index in [1.54, 1.807) is 66.7 Å². The Morgan fingerprint density at radius 3 is 2.16 bits per heavy atom. The number of nitrogens with one attached hydrogen (secondary N) is 3. The fourth-order valence-electron chi connectivity index (χ4n) is 3.10. The minimum atomic E-state index is -0.917. The van der Waals surface area contributed by atoms with Gasteiger partial charge in [-0.05, 0) is 54.6 Å². The van der Waals surface area contributed by atoms with Gasteiger partial charge in [-0.3, -0.25) is 19.8 Å². The van der Waals surface area contributed by atoms with Crippen molar-refractivity contribution in [1.82, 2.24) is 4.68 Å². The molecule has 32 heavy (non-hydrogen) atoms. The van der Waals surface area contributed by atoms with Crippen LogP contribution in [-0.2, 0) is 9.59 Å². The molecule has 0 aliphatic rings. The first kappa shape index (κ1) is 21.8. The van der Waals surface area contributed by atoms with Gasteiger partial charge in [0.05, 0.1) is 5.52 Å². The molecule has 0 spiro atoms. The molecule has 0 fully saturated rings. The van der Waals surface area contributed by atoms with Crippen LogP contribution in [0.25, 0.3) is 10.9 Å². The third-order valence-electron chi connectivity index (χ3n) is 4.53. The molecule has 3 amide bonds. The third kappa shape index (κ3) is 4.90. The van der Waals surface area contributed by atoms with Crippen LogP contribution < -0.4 is 16.1 Å². The monoisotopic (exact) mass is 554 g/mol. The largest absolute Gasteiger partial charge is 0.328 e. The molecule has 0 bridgehead atoms. The summed E-state index contributed by atoms with van der Waals surface area (Å²) >= 11 is 6.73. The number of anilines is 2. The molecule has 0 aliphatic carbocycles. The summed E-state index contributed by atoms with van der Waals surface area (Å²) < 4.78 is 2.89. The van der Waals surface area contributed by atoms with Crippen molar-refractivity contribution in [2.24, 2.45) is 0 Å². The molecule has 0 radical (unpaired) electrons. The van der Waals surface area contributed by atoms with Gasteiger partial charge in [-0.2, -0.15) is 0 Å². The Labute approximate surface area is 200 Å². The number of amides is 3. The minimum Gasteiger partial charge on any atom is -0.321 e. The summed E-state index contributed by atoms with van der Waals surface area (Å²) in [5, 5.41) is 6.05. The number of rotatable bonds is 4. The van der Waals surface area contributed by atoms with Crippen LogP contribution in [0.3, 0.4) is 0 Å². The van der Waals surface area contributed by atoms with Crippen molar-refractivity contribution < 1.29 is 14.4 Å². The molecular formula is C23H16Br2N4O3. The highest BCUT2D eigenvalue weighted by Crippen LogP contribution is 2.24. The molecule has 9 heteroatoms. The van der Waals surface area contributed by atoms with E-state index >= 15 is 0 Å². The lowest BCUT2D eigenvalue weighted by molar-refractivity contribution is -0.133. The SMILES string of the molecule is O=C(Nc1cccc(Br)c1)C(=O)Nn1c(C(=O)Nc2ccccc2)cc2cc(Br)ccc21. The van der Waals surface area contributed by atoms with Gasteiger partial charge in [-0.15, -0.1) is 0 Å². The molecule has 0 unspecified atom stereocenters. The Kier molecular flexibility index (Phi) is 6.38. The van der Waals surface area contributed by atoms with E-state index in [0.717, 1.165) is 8.95 Å². The normalized spacial score (nSPS) is 10.6. The zero-order valence-electron chi connectivity index (χ0n) is 16.4. The smallest absolute Gasteiger partial charge is 0.321 e. The third-order valence-corrected chi connectivity index (χ3v) is 5.52. The van der Waals surface area contributed by atoms with Gasteiger partial charge in [0.15, 0.2) is 0 Å². The van der Waals surface area contributed by atoms with Crippen LogP contribution >= 0.6 is 31.9 Å². The Morgan fingerprint density at radius 2 is 1.41 bits per heavy atom. The van der Waals surface area contributed by atoms with Crippen LogP contribution in [-0.4, -0.2) is 22.4 Å². The van der Waals surface area contributed by atoms with Crippen molar-refractivity contribution in [3.05, 3.63) is 93.5 Å². The molecule has 3 aromatic carbocycles. The zero-order chi connectivity index (χ0) is 22.7. The summed E-state index contributed by atoms with van der Waals surface area (Å²) in [6.45, 7) is 0. The highest BCUT2D eigenvalue weighted by atomic mass is 79.9. The van der Waals surface area contributed by atoms with E-state index in [1.807, 2.05) is 12.1 Å². The van der Waals surface area contributed by atoms with Crippen molar-refractivity contribution in [3.63, 3.8) is 0 Å². The highest BCUT2D eigenvalue weighted by Gasteiger charge is 2.21.